The van der Waals surface area contributed by atoms with Gasteiger partial charge in [0.25, 0.3) is 0 Å². The number of aromatic nitrogens is 2. The summed E-state index contributed by atoms with van der Waals surface area (Å²) in [5.74, 6) is 0. The Labute approximate surface area is 47.9 Å². The Kier molecular flexibility index (Phi) is 0.692. The summed E-state index contributed by atoms with van der Waals surface area (Å²) in [6.07, 6.45) is 6.31. The molecule has 0 aromatic carbocycles. The van der Waals surface area contributed by atoms with Crippen LogP contribution in [-0.2, 0) is 12.8 Å². The van der Waals surface area contributed by atoms with Crippen LogP contribution in [0.4, 0.5) is 0 Å². The van der Waals surface area contributed by atoms with Crippen molar-refractivity contribution in [2.45, 2.75) is 19.3 Å². The molecule has 1 N–H and O–H groups in total. The molecule has 41 valence electrons. The van der Waals surface area contributed by atoms with Crippen LogP contribution >= 0.6 is 0 Å². The Hall–Kier alpha value is -0.790. The van der Waals surface area contributed by atoms with Gasteiger partial charge in [-0.25, -0.2) is 4.98 Å². The van der Waals surface area contributed by atoms with Crippen molar-refractivity contribution in [3.8, 4) is 0 Å². The molecule has 0 aliphatic heterocycles. The SMILES string of the molecule is [c]1nc2c([nH]1)CCC2. The van der Waals surface area contributed by atoms with Gasteiger partial charge in [0.1, 0.15) is 0 Å². The average Bonchev–Trinajstić information content (AvgIpc) is 2.15. The number of rotatable bonds is 0. The van der Waals surface area contributed by atoms with E-state index in [-0.39, 0.29) is 0 Å². The van der Waals surface area contributed by atoms with E-state index in [1.807, 2.05) is 0 Å². The molecule has 0 fully saturated rings. The molecule has 0 saturated heterocycles. The fraction of sp³-hybridized carbons (Fsp3) is 0.500. The quantitative estimate of drug-likeness (QED) is 0.519. The van der Waals surface area contributed by atoms with Crippen LogP contribution in [0.1, 0.15) is 17.8 Å². The van der Waals surface area contributed by atoms with Gasteiger partial charge < -0.3 is 4.98 Å². The smallest absolute Gasteiger partial charge is 0.174 e. The molecule has 1 aliphatic carbocycles. The number of hydrogen-bond donors (Lipinski definition) is 1. The maximum atomic E-state index is 4.02. The van der Waals surface area contributed by atoms with E-state index in [9.17, 15) is 0 Å². The van der Waals surface area contributed by atoms with Crippen molar-refractivity contribution in [1.82, 2.24) is 9.97 Å². The van der Waals surface area contributed by atoms with Gasteiger partial charge in [0, 0.05) is 5.69 Å². The van der Waals surface area contributed by atoms with Gasteiger partial charge in [-0.1, -0.05) is 0 Å². The van der Waals surface area contributed by atoms with Crippen molar-refractivity contribution in [3.63, 3.8) is 0 Å². The maximum absolute atomic E-state index is 4.02. The summed E-state index contributed by atoms with van der Waals surface area (Å²) in [6.45, 7) is 0. The Balaban J connectivity index is 2.54. The molecule has 0 amide bonds. The van der Waals surface area contributed by atoms with Crippen LogP contribution in [0.2, 0.25) is 0 Å². The lowest BCUT2D eigenvalue weighted by Gasteiger charge is -1.78. The van der Waals surface area contributed by atoms with Gasteiger partial charge in [0.15, 0.2) is 6.33 Å². The van der Waals surface area contributed by atoms with E-state index in [0.29, 0.717) is 0 Å². The highest BCUT2D eigenvalue weighted by Gasteiger charge is 2.11. The minimum Gasteiger partial charge on any atom is -0.339 e. The molecule has 1 aromatic heterocycles. The molecule has 0 unspecified atom stereocenters. The van der Waals surface area contributed by atoms with E-state index in [4.69, 9.17) is 0 Å². The molecule has 1 aromatic rings. The number of nitrogens with zero attached hydrogens (tertiary/aromatic N) is 1. The molecule has 2 heteroatoms. The molecular weight excluding hydrogens is 100 g/mol. The molecular formula is C6H7N2. The molecule has 0 saturated carbocycles. The van der Waals surface area contributed by atoms with Crippen molar-refractivity contribution in [1.29, 1.82) is 0 Å². The first-order valence-electron chi connectivity index (χ1n) is 2.90. The topological polar surface area (TPSA) is 28.7 Å². The molecule has 1 radical (unpaired) electrons. The van der Waals surface area contributed by atoms with Crippen molar-refractivity contribution < 1.29 is 0 Å². The van der Waals surface area contributed by atoms with Gasteiger partial charge in [0.05, 0.1) is 5.69 Å². The van der Waals surface area contributed by atoms with E-state index in [0.717, 1.165) is 6.42 Å². The van der Waals surface area contributed by atoms with Crippen molar-refractivity contribution in [3.05, 3.63) is 17.7 Å². The lowest BCUT2D eigenvalue weighted by atomic mass is 10.4. The number of imidazole rings is 1. The van der Waals surface area contributed by atoms with Crippen LogP contribution in [0.3, 0.4) is 0 Å². The van der Waals surface area contributed by atoms with E-state index >= 15 is 0 Å². The first-order valence-corrected chi connectivity index (χ1v) is 2.90. The second-order valence-electron chi connectivity index (χ2n) is 2.13. The van der Waals surface area contributed by atoms with Crippen LogP contribution in [0.5, 0.6) is 0 Å². The standard InChI is InChI=1S/C6H7N2/c1-2-5-6(3-1)8-4-7-5/h1-3H2,(H,7,8). The molecule has 2 rings (SSSR count). The van der Waals surface area contributed by atoms with E-state index in [1.54, 1.807) is 0 Å². The van der Waals surface area contributed by atoms with Crippen molar-refractivity contribution in [2.24, 2.45) is 0 Å². The highest BCUT2D eigenvalue weighted by atomic mass is 14.9. The highest BCUT2D eigenvalue weighted by Crippen LogP contribution is 2.15. The van der Waals surface area contributed by atoms with Crippen LogP contribution in [-0.4, -0.2) is 9.97 Å². The highest BCUT2D eigenvalue weighted by molar-refractivity contribution is 5.15. The van der Waals surface area contributed by atoms with Crippen LogP contribution < -0.4 is 0 Å². The number of hydrogen-bond acceptors (Lipinski definition) is 1. The Morgan fingerprint density at radius 1 is 1.50 bits per heavy atom. The molecule has 2 nitrogen and oxygen atoms in total. The normalized spacial score (nSPS) is 16.5. The third kappa shape index (κ3) is 0.399. The summed E-state index contributed by atoms with van der Waals surface area (Å²) in [5, 5.41) is 0. The Morgan fingerprint density at radius 2 is 2.50 bits per heavy atom. The minimum atomic E-state index is 1.15. The minimum absolute atomic E-state index is 1.15. The van der Waals surface area contributed by atoms with Crippen molar-refractivity contribution >= 4 is 0 Å². The van der Waals surface area contributed by atoms with E-state index < -0.39 is 0 Å². The van der Waals surface area contributed by atoms with Crippen LogP contribution in [0, 0.1) is 6.33 Å². The molecule has 8 heavy (non-hydrogen) atoms. The second-order valence-corrected chi connectivity index (χ2v) is 2.13. The first kappa shape index (κ1) is 4.13. The summed E-state index contributed by atoms with van der Waals surface area (Å²) >= 11 is 0. The fourth-order valence-corrected chi connectivity index (χ4v) is 1.15. The predicted octanol–water partition coefficient (Wildman–Crippen LogP) is 0.699. The maximum Gasteiger partial charge on any atom is 0.174 e. The molecule has 0 atom stereocenters. The molecule has 0 spiro atoms. The van der Waals surface area contributed by atoms with Crippen LogP contribution in [0.25, 0.3) is 0 Å². The number of aromatic amines is 1. The summed E-state index contributed by atoms with van der Waals surface area (Å²) < 4.78 is 0. The number of H-pyrrole nitrogens is 1. The summed E-state index contributed by atoms with van der Waals surface area (Å²) in [7, 11) is 0. The van der Waals surface area contributed by atoms with E-state index in [2.05, 4.69) is 16.3 Å². The summed E-state index contributed by atoms with van der Waals surface area (Å²) in [4.78, 5) is 7.00. The first-order chi connectivity index (χ1) is 3.97. The van der Waals surface area contributed by atoms with Gasteiger partial charge in [0.2, 0.25) is 0 Å². The second kappa shape index (κ2) is 1.34. The number of fused-ring (bicyclic) bond motifs is 1. The molecule has 1 aliphatic rings. The zero-order chi connectivity index (χ0) is 5.40. The monoisotopic (exact) mass is 107 g/mol. The van der Waals surface area contributed by atoms with Gasteiger partial charge in [-0.3, -0.25) is 0 Å². The Morgan fingerprint density at radius 3 is 3.38 bits per heavy atom. The lowest BCUT2D eigenvalue weighted by Crippen LogP contribution is -1.74. The zero-order valence-electron chi connectivity index (χ0n) is 4.57. The number of nitrogens with one attached hydrogen (secondary N) is 1. The van der Waals surface area contributed by atoms with Gasteiger partial charge >= 0.3 is 0 Å². The van der Waals surface area contributed by atoms with Gasteiger partial charge in [-0.2, -0.15) is 0 Å². The van der Waals surface area contributed by atoms with Crippen molar-refractivity contribution in [2.75, 3.05) is 0 Å². The average molecular weight is 107 g/mol. The molecule has 1 heterocycles. The third-order valence-corrected chi connectivity index (χ3v) is 1.59. The lowest BCUT2D eigenvalue weighted by molar-refractivity contribution is 0.874. The largest absolute Gasteiger partial charge is 0.339 e. The third-order valence-electron chi connectivity index (χ3n) is 1.59. The van der Waals surface area contributed by atoms with Crippen LogP contribution in [0.15, 0.2) is 0 Å². The summed E-state index contributed by atoms with van der Waals surface area (Å²) in [6, 6.07) is 0. The Bertz CT molecular complexity index is 172. The van der Waals surface area contributed by atoms with Gasteiger partial charge in [-0.15, -0.1) is 0 Å². The fourth-order valence-electron chi connectivity index (χ4n) is 1.15. The van der Waals surface area contributed by atoms with Gasteiger partial charge in [-0.05, 0) is 19.3 Å². The van der Waals surface area contributed by atoms with E-state index in [1.165, 1.54) is 24.2 Å². The molecule has 0 bridgehead atoms. The number of aryl methyl sites for hydroxylation is 2. The zero-order valence-corrected chi connectivity index (χ0v) is 4.57. The summed E-state index contributed by atoms with van der Waals surface area (Å²) in [5.41, 5.74) is 2.52. The predicted molar refractivity (Wildman–Crippen MR) is 29.4 cm³/mol.